The van der Waals surface area contributed by atoms with Crippen molar-refractivity contribution in [1.82, 2.24) is 9.80 Å². The van der Waals surface area contributed by atoms with Crippen LogP contribution < -0.4 is 14.2 Å². The van der Waals surface area contributed by atoms with E-state index in [1.807, 2.05) is 26.0 Å². The summed E-state index contributed by atoms with van der Waals surface area (Å²) in [4.78, 5) is 29.8. The van der Waals surface area contributed by atoms with Crippen molar-refractivity contribution in [3.63, 3.8) is 0 Å². The van der Waals surface area contributed by atoms with Gasteiger partial charge in [0.15, 0.2) is 34.9 Å². The monoisotopic (exact) mass is 630 g/mol. The molecule has 3 unspecified atom stereocenters. The maximum atomic E-state index is 12.6. The van der Waals surface area contributed by atoms with Crippen molar-refractivity contribution in [2.75, 3.05) is 41.4 Å². The summed E-state index contributed by atoms with van der Waals surface area (Å²) < 4.78 is 17.1. The second kappa shape index (κ2) is 11.6. The zero-order chi connectivity index (χ0) is 32.5. The first-order chi connectivity index (χ1) is 22.2. The number of fused-ring (bicyclic) bond motifs is 1. The summed E-state index contributed by atoms with van der Waals surface area (Å²) in [5.41, 5.74) is 4.60. The van der Waals surface area contributed by atoms with Crippen LogP contribution in [0, 0.1) is 11.8 Å². The van der Waals surface area contributed by atoms with Gasteiger partial charge in [-0.25, -0.2) is 0 Å². The third-order valence-corrected chi connectivity index (χ3v) is 12.9. The van der Waals surface area contributed by atoms with E-state index in [0.29, 0.717) is 54.7 Å². The molecule has 0 amide bonds. The Morgan fingerprint density at radius 1 is 0.826 bits per heavy atom. The lowest BCUT2D eigenvalue weighted by Gasteiger charge is -2.58. The molecule has 8 nitrogen and oxygen atoms in total. The average molecular weight is 631 g/mol. The third kappa shape index (κ3) is 4.24. The normalized spacial score (nSPS) is 34.8. The Balaban J connectivity index is 0.000000140. The molecule has 2 saturated heterocycles. The summed E-state index contributed by atoms with van der Waals surface area (Å²) >= 11 is 0. The topological polar surface area (TPSA) is 88.5 Å². The van der Waals surface area contributed by atoms with Crippen molar-refractivity contribution in [3.05, 3.63) is 46.5 Å². The Bertz CT molecular complexity index is 1540. The highest BCUT2D eigenvalue weighted by molar-refractivity contribution is 5.89. The molecular weight excluding hydrogens is 580 g/mol. The van der Waals surface area contributed by atoms with Crippen LogP contribution in [0.2, 0.25) is 0 Å². The number of methoxy groups -OCH3 is 2. The van der Waals surface area contributed by atoms with Crippen molar-refractivity contribution in [2.45, 2.75) is 101 Å². The van der Waals surface area contributed by atoms with E-state index in [-0.39, 0.29) is 28.5 Å². The van der Waals surface area contributed by atoms with E-state index < -0.39 is 0 Å². The maximum Gasteiger partial charge on any atom is 0.174 e. The highest BCUT2D eigenvalue weighted by Crippen LogP contribution is 2.63. The fourth-order valence-electron chi connectivity index (χ4n) is 10.9. The molecule has 248 valence electrons. The Labute approximate surface area is 273 Å². The van der Waals surface area contributed by atoms with Gasteiger partial charge in [0.25, 0.3) is 0 Å². The highest BCUT2D eigenvalue weighted by Gasteiger charge is 2.65. The van der Waals surface area contributed by atoms with E-state index in [2.05, 4.69) is 36.0 Å². The number of piperidine rings is 2. The number of hydrogen-bond acceptors (Lipinski definition) is 8. The van der Waals surface area contributed by atoms with Gasteiger partial charge in [-0.3, -0.25) is 9.59 Å². The van der Waals surface area contributed by atoms with E-state index >= 15 is 0 Å². The van der Waals surface area contributed by atoms with Gasteiger partial charge in [0, 0.05) is 53.3 Å². The van der Waals surface area contributed by atoms with E-state index in [1.54, 1.807) is 14.2 Å². The number of phenols is 1. The van der Waals surface area contributed by atoms with Crippen molar-refractivity contribution in [1.29, 1.82) is 0 Å². The smallest absolute Gasteiger partial charge is 0.174 e. The minimum absolute atomic E-state index is 0.0933. The van der Waals surface area contributed by atoms with E-state index in [0.717, 1.165) is 68.7 Å². The van der Waals surface area contributed by atoms with Crippen LogP contribution in [0.5, 0.6) is 23.0 Å². The first-order valence-corrected chi connectivity index (χ1v) is 17.4. The van der Waals surface area contributed by atoms with Gasteiger partial charge in [0.1, 0.15) is 5.78 Å². The molecule has 7 atom stereocenters. The number of hydrogen-bond donors (Lipinski definition) is 1. The van der Waals surface area contributed by atoms with Gasteiger partial charge in [0.05, 0.1) is 14.2 Å². The minimum atomic E-state index is -0.284. The molecule has 3 heterocycles. The Hall–Kier alpha value is -3.10. The molecule has 2 saturated carbocycles. The fraction of sp³-hybridized carbons (Fsp3) is 0.632. The Morgan fingerprint density at radius 3 is 2.13 bits per heavy atom. The molecule has 46 heavy (non-hydrogen) atoms. The molecule has 9 rings (SSSR count). The first kappa shape index (κ1) is 31.5. The standard InChI is InChI=1S/C18H21NO3.C18H23NO3.C2H6/c1-19-8-7-18-11-4-5-13(20)17(18)22-16-14(21-2)6-3-10(15(16)18)9-12(11)19;1-19-8-7-18-10-12(20)4-5-13(18)14(19)9-11-3-6-15(22-2)17(21)16(11)18;1-2/h3,6,11-12,17H,4-5,7-9H2,1-2H3;3,6,13-14,21H,4-5,7-10H2,1-2H3;1-2H3/t11-,12?,17-,18-;13?,14?,18-;/m11./s1. The van der Waals surface area contributed by atoms with E-state index in [4.69, 9.17) is 14.2 Å². The second-order valence-corrected chi connectivity index (χ2v) is 14.5. The average Bonchev–Trinajstić information content (AvgIpc) is 3.42. The van der Waals surface area contributed by atoms with Crippen molar-refractivity contribution in [3.8, 4) is 23.0 Å². The molecule has 3 aliphatic heterocycles. The molecule has 7 aliphatic rings. The van der Waals surface area contributed by atoms with Gasteiger partial charge < -0.3 is 29.1 Å². The number of Topliss-reactive ketones (excluding diaryl/α,β-unsaturated/α-hetero) is 2. The molecular formula is C38H50N2O6. The van der Waals surface area contributed by atoms with Crippen LogP contribution in [0.1, 0.15) is 81.0 Å². The number of carbonyl (C=O) groups excluding carboxylic acids is 2. The number of phenolic OH excluding ortho intramolecular Hbond substituents is 1. The summed E-state index contributed by atoms with van der Waals surface area (Å²) in [7, 11) is 7.69. The van der Waals surface area contributed by atoms with E-state index in [1.165, 1.54) is 16.7 Å². The number of likely N-dealkylation sites (tertiary alicyclic amines) is 2. The summed E-state index contributed by atoms with van der Waals surface area (Å²) in [6.07, 6.45) is 7.60. The van der Waals surface area contributed by atoms with Crippen LogP contribution in [-0.4, -0.2) is 86.1 Å². The van der Waals surface area contributed by atoms with Crippen LogP contribution in [0.3, 0.4) is 0 Å². The third-order valence-electron chi connectivity index (χ3n) is 12.9. The molecule has 8 heteroatoms. The molecule has 2 aromatic rings. The van der Waals surface area contributed by atoms with Crippen LogP contribution in [0.4, 0.5) is 0 Å². The number of benzene rings is 2. The van der Waals surface area contributed by atoms with Gasteiger partial charge in [0.2, 0.25) is 0 Å². The lowest BCUT2D eigenvalue weighted by molar-refractivity contribution is -0.138. The van der Waals surface area contributed by atoms with Gasteiger partial charge in [-0.15, -0.1) is 0 Å². The van der Waals surface area contributed by atoms with E-state index in [9.17, 15) is 14.7 Å². The summed E-state index contributed by atoms with van der Waals surface area (Å²) in [5.74, 6) is 4.06. The first-order valence-electron chi connectivity index (χ1n) is 17.4. The van der Waals surface area contributed by atoms with Crippen LogP contribution in [0.15, 0.2) is 24.3 Å². The fourth-order valence-corrected chi connectivity index (χ4v) is 10.9. The predicted octanol–water partition coefficient (Wildman–Crippen LogP) is 5.23. The maximum absolute atomic E-state index is 12.6. The van der Waals surface area contributed by atoms with Gasteiger partial charge >= 0.3 is 0 Å². The second-order valence-electron chi connectivity index (χ2n) is 14.5. The summed E-state index contributed by atoms with van der Waals surface area (Å²) in [6.45, 7) is 6.04. The molecule has 1 N–H and O–H groups in total. The number of ether oxygens (including phenoxy) is 3. The molecule has 0 aromatic heterocycles. The SMILES string of the molecule is CC.COc1ccc2c(c1O)[C@@]13CCN(C)C(C2)C1CCC(=O)C3.COc1ccc2c3c1O[C@@H]1C(=O)CC[C@@H]4C(C2)N(C)CC[C@@]314. The zero-order valence-corrected chi connectivity index (χ0v) is 28.4. The molecule has 0 radical (unpaired) electrons. The van der Waals surface area contributed by atoms with Crippen LogP contribution in [-0.2, 0) is 33.3 Å². The predicted molar refractivity (Wildman–Crippen MR) is 176 cm³/mol. The molecule has 2 aromatic carbocycles. The van der Waals surface area contributed by atoms with Gasteiger partial charge in [-0.05, 0) is 101 Å². The van der Waals surface area contributed by atoms with Gasteiger partial charge in [-0.1, -0.05) is 26.0 Å². The molecule has 4 bridgehead atoms. The van der Waals surface area contributed by atoms with Crippen molar-refractivity contribution in [2.24, 2.45) is 11.8 Å². The van der Waals surface area contributed by atoms with Crippen molar-refractivity contribution >= 4 is 11.6 Å². The number of aromatic hydroxyl groups is 1. The van der Waals surface area contributed by atoms with Crippen LogP contribution in [0.25, 0.3) is 0 Å². The summed E-state index contributed by atoms with van der Waals surface area (Å²) in [5, 5.41) is 10.8. The number of ketones is 2. The quantitative estimate of drug-likeness (QED) is 0.483. The zero-order valence-electron chi connectivity index (χ0n) is 28.4. The largest absolute Gasteiger partial charge is 0.504 e. The Kier molecular flexibility index (Phi) is 7.91. The van der Waals surface area contributed by atoms with Crippen LogP contribution >= 0.6 is 0 Å². The lowest BCUT2D eigenvalue weighted by atomic mass is 9.52. The molecule has 1 spiro atoms. The lowest BCUT2D eigenvalue weighted by Crippen LogP contribution is -2.65. The number of likely N-dealkylation sites (N-methyl/N-ethyl adjacent to an activating group) is 2. The highest BCUT2D eigenvalue weighted by atomic mass is 16.5. The Morgan fingerprint density at radius 2 is 1.43 bits per heavy atom. The number of carbonyl (C=O) groups is 2. The molecule has 4 fully saturated rings. The van der Waals surface area contributed by atoms with Gasteiger partial charge in [-0.2, -0.15) is 0 Å². The molecule has 4 aliphatic carbocycles. The minimum Gasteiger partial charge on any atom is -0.504 e. The number of nitrogens with zero attached hydrogens (tertiary/aromatic N) is 2. The van der Waals surface area contributed by atoms with Crippen molar-refractivity contribution < 1.29 is 28.9 Å². The summed E-state index contributed by atoms with van der Waals surface area (Å²) in [6, 6.07) is 9.15. The number of rotatable bonds is 2.